The average molecular weight is 355 g/mol. The van der Waals surface area contributed by atoms with E-state index >= 15 is 0 Å². The third-order valence-corrected chi connectivity index (χ3v) is 3.97. The second-order valence-corrected chi connectivity index (χ2v) is 6.03. The number of hydrogen-bond donors (Lipinski definition) is 1. The van der Waals surface area contributed by atoms with Crippen LogP contribution in [-0.2, 0) is 6.54 Å². The molecule has 0 spiro atoms. The smallest absolute Gasteiger partial charge is 0.123 e. The number of nitrogens with one attached hydrogen (secondary N) is 1. The standard InChI is InChI=1S/C15H20BrFN4/c1-18-14(11-4-6-12(17)7-5-11)15-13(16)10-19-21(15)9-8-20(2)3/h4-7,10,14,18H,8-9H2,1-3H3. The summed E-state index contributed by atoms with van der Waals surface area (Å²) in [5.74, 6) is -0.228. The van der Waals surface area contributed by atoms with E-state index in [-0.39, 0.29) is 11.9 Å². The molecule has 0 fully saturated rings. The second-order valence-electron chi connectivity index (χ2n) is 5.18. The Morgan fingerprint density at radius 1 is 1.33 bits per heavy atom. The van der Waals surface area contributed by atoms with E-state index in [4.69, 9.17) is 0 Å². The molecule has 114 valence electrons. The highest BCUT2D eigenvalue weighted by Crippen LogP contribution is 2.28. The van der Waals surface area contributed by atoms with E-state index in [1.54, 1.807) is 18.3 Å². The summed E-state index contributed by atoms with van der Waals surface area (Å²) in [6, 6.07) is 6.52. The first kappa shape index (κ1) is 16.1. The van der Waals surface area contributed by atoms with Gasteiger partial charge in [-0.05, 0) is 54.8 Å². The van der Waals surface area contributed by atoms with Crippen LogP contribution in [-0.4, -0.2) is 42.4 Å². The van der Waals surface area contributed by atoms with Crippen LogP contribution in [0, 0.1) is 5.82 Å². The number of benzene rings is 1. The Balaban J connectivity index is 2.33. The molecule has 1 atom stereocenters. The number of nitrogens with zero attached hydrogens (tertiary/aromatic N) is 3. The molecule has 0 aliphatic heterocycles. The predicted octanol–water partition coefficient (Wildman–Crippen LogP) is 2.66. The predicted molar refractivity (Wildman–Crippen MR) is 85.8 cm³/mol. The van der Waals surface area contributed by atoms with Gasteiger partial charge in [0.15, 0.2) is 0 Å². The Morgan fingerprint density at radius 2 is 2.00 bits per heavy atom. The van der Waals surface area contributed by atoms with E-state index in [0.29, 0.717) is 0 Å². The third kappa shape index (κ3) is 3.90. The van der Waals surface area contributed by atoms with E-state index in [2.05, 4.69) is 31.2 Å². The van der Waals surface area contributed by atoms with E-state index in [0.717, 1.165) is 28.8 Å². The largest absolute Gasteiger partial charge is 0.308 e. The molecule has 1 aromatic carbocycles. The summed E-state index contributed by atoms with van der Waals surface area (Å²) in [5, 5.41) is 7.71. The SMILES string of the molecule is CNC(c1ccc(F)cc1)c1c(Br)cnn1CCN(C)C. The molecule has 21 heavy (non-hydrogen) atoms. The molecule has 0 aliphatic carbocycles. The molecule has 0 bridgehead atoms. The topological polar surface area (TPSA) is 33.1 Å². The molecular weight excluding hydrogens is 335 g/mol. The van der Waals surface area contributed by atoms with Crippen LogP contribution >= 0.6 is 15.9 Å². The van der Waals surface area contributed by atoms with Gasteiger partial charge in [-0.3, -0.25) is 4.68 Å². The van der Waals surface area contributed by atoms with Crippen molar-refractivity contribution in [1.29, 1.82) is 0 Å². The van der Waals surface area contributed by atoms with Crippen LogP contribution in [0.25, 0.3) is 0 Å². The Bertz CT molecular complexity index is 580. The minimum Gasteiger partial charge on any atom is -0.308 e. The van der Waals surface area contributed by atoms with Gasteiger partial charge in [-0.2, -0.15) is 5.10 Å². The van der Waals surface area contributed by atoms with Gasteiger partial charge < -0.3 is 10.2 Å². The highest BCUT2D eigenvalue weighted by atomic mass is 79.9. The lowest BCUT2D eigenvalue weighted by molar-refractivity contribution is 0.366. The number of hydrogen-bond acceptors (Lipinski definition) is 3. The van der Waals surface area contributed by atoms with Gasteiger partial charge in [0.05, 0.1) is 29.0 Å². The summed E-state index contributed by atoms with van der Waals surface area (Å²) in [4.78, 5) is 2.12. The fraction of sp³-hybridized carbons (Fsp3) is 0.400. The molecule has 0 amide bonds. The third-order valence-electron chi connectivity index (χ3n) is 3.36. The molecule has 2 aromatic rings. The first-order chi connectivity index (χ1) is 10.0. The summed E-state index contributed by atoms with van der Waals surface area (Å²) >= 11 is 3.57. The first-order valence-corrected chi connectivity index (χ1v) is 7.61. The molecule has 0 saturated carbocycles. The maximum absolute atomic E-state index is 13.1. The monoisotopic (exact) mass is 354 g/mol. The summed E-state index contributed by atoms with van der Waals surface area (Å²) in [6.07, 6.45) is 1.80. The van der Waals surface area contributed by atoms with Crippen LogP contribution in [0.15, 0.2) is 34.9 Å². The molecule has 4 nitrogen and oxygen atoms in total. The molecule has 0 saturated heterocycles. The van der Waals surface area contributed by atoms with Gasteiger partial charge in [-0.15, -0.1) is 0 Å². The van der Waals surface area contributed by atoms with Gasteiger partial charge >= 0.3 is 0 Å². The lowest BCUT2D eigenvalue weighted by Crippen LogP contribution is -2.25. The van der Waals surface area contributed by atoms with E-state index in [1.807, 2.05) is 25.8 Å². The minimum absolute atomic E-state index is 0.0374. The lowest BCUT2D eigenvalue weighted by Gasteiger charge is -2.20. The lowest BCUT2D eigenvalue weighted by atomic mass is 10.0. The first-order valence-electron chi connectivity index (χ1n) is 6.81. The number of rotatable bonds is 6. The van der Waals surface area contributed by atoms with Crippen LogP contribution in [0.4, 0.5) is 4.39 Å². The molecule has 2 rings (SSSR count). The fourth-order valence-corrected chi connectivity index (χ4v) is 2.77. The molecule has 0 radical (unpaired) electrons. The highest BCUT2D eigenvalue weighted by molar-refractivity contribution is 9.10. The van der Waals surface area contributed by atoms with Crippen molar-refractivity contribution < 1.29 is 4.39 Å². The van der Waals surface area contributed by atoms with Gasteiger partial charge in [0.1, 0.15) is 5.82 Å². The molecule has 1 N–H and O–H groups in total. The molecule has 1 unspecified atom stereocenters. The van der Waals surface area contributed by atoms with Gasteiger partial charge in [-0.1, -0.05) is 12.1 Å². The Hall–Kier alpha value is -1.24. The zero-order valence-corrected chi connectivity index (χ0v) is 14.1. The average Bonchev–Trinajstić information content (AvgIpc) is 2.81. The van der Waals surface area contributed by atoms with Crippen molar-refractivity contribution in [2.24, 2.45) is 0 Å². The van der Waals surface area contributed by atoms with E-state index in [1.165, 1.54) is 12.1 Å². The Labute approximate surface area is 133 Å². The van der Waals surface area contributed by atoms with Gasteiger partial charge in [0.25, 0.3) is 0 Å². The van der Waals surface area contributed by atoms with Crippen molar-refractivity contribution in [3.8, 4) is 0 Å². The number of halogens is 2. The summed E-state index contributed by atoms with van der Waals surface area (Å²) in [5.41, 5.74) is 2.05. The van der Waals surface area contributed by atoms with Crippen molar-refractivity contribution >= 4 is 15.9 Å². The van der Waals surface area contributed by atoms with Crippen LogP contribution in [0.2, 0.25) is 0 Å². The highest BCUT2D eigenvalue weighted by Gasteiger charge is 2.20. The summed E-state index contributed by atoms with van der Waals surface area (Å²) in [7, 11) is 5.96. The van der Waals surface area contributed by atoms with E-state index < -0.39 is 0 Å². The normalized spacial score (nSPS) is 12.9. The quantitative estimate of drug-likeness (QED) is 0.865. The van der Waals surface area contributed by atoms with Crippen molar-refractivity contribution in [3.63, 3.8) is 0 Å². The van der Waals surface area contributed by atoms with Crippen LogP contribution in [0.1, 0.15) is 17.3 Å². The maximum Gasteiger partial charge on any atom is 0.123 e. The molecule has 1 aromatic heterocycles. The molecule has 1 heterocycles. The molecule has 0 aliphatic rings. The Kier molecular flexibility index (Phi) is 5.50. The summed E-state index contributed by atoms with van der Waals surface area (Å²) < 4.78 is 16.0. The second kappa shape index (κ2) is 7.15. The zero-order valence-electron chi connectivity index (χ0n) is 12.5. The molecular formula is C15H20BrFN4. The van der Waals surface area contributed by atoms with E-state index in [9.17, 15) is 4.39 Å². The van der Waals surface area contributed by atoms with Crippen molar-refractivity contribution in [2.75, 3.05) is 27.7 Å². The van der Waals surface area contributed by atoms with Crippen LogP contribution in [0.3, 0.4) is 0 Å². The zero-order chi connectivity index (χ0) is 15.4. The van der Waals surface area contributed by atoms with Gasteiger partial charge in [-0.25, -0.2) is 4.39 Å². The van der Waals surface area contributed by atoms with Crippen LogP contribution < -0.4 is 5.32 Å². The van der Waals surface area contributed by atoms with Gasteiger partial charge in [0, 0.05) is 6.54 Å². The minimum atomic E-state index is -0.228. The Morgan fingerprint density at radius 3 is 2.57 bits per heavy atom. The van der Waals surface area contributed by atoms with Crippen molar-refractivity contribution in [2.45, 2.75) is 12.6 Å². The van der Waals surface area contributed by atoms with Crippen molar-refractivity contribution in [1.82, 2.24) is 20.0 Å². The molecule has 6 heteroatoms. The van der Waals surface area contributed by atoms with Crippen LogP contribution in [0.5, 0.6) is 0 Å². The summed E-state index contributed by atoms with van der Waals surface area (Å²) in [6.45, 7) is 1.70. The fourth-order valence-electron chi connectivity index (χ4n) is 2.25. The van der Waals surface area contributed by atoms with Crippen molar-refractivity contribution in [3.05, 3.63) is 52.0 Å². The van der Waals surface area contributed by atoms with Gasteiger partial charge in [0.2, 0.25) is 0 Å². The number of aromatic nitrogens is 2. The number of likely N-dealkylation sites (N-methyl/N-ethyl adjacent to an activating group) is 1. The maximum atomic E-state index is 13.1.